The molecule has 1 N–H and O–H groups in total. The second-order valence-corrected chi connectivity index (χ2v) is 7.87. The van der Waals surface area contributed by atoms with Gasteiger partial charge < -0.3 is 5.11 Å². The van der Waals surface area contributed by atoms with Gasteiger partial charge in [-0.25, -0.2) is 13.2 Å². The predicted molar refractivity (Wildman–Crippen MR) is 86.2 cm³/mol. The first-order chi connectivity index (χ1) is 11.3. The van der Waals surface area contributed by atoms with Gasteiger partial charge in [-0.1, -0.05) is 6.42 Å². The fourth-order valence-electron chi connectivity index (χ4n) is 2.93. The quantitative estimate of drug-likeness (QED) is 0.817. The van der Waals surface area contributed by atoms with Crippen LogP contribution in [0.4, 0.5) is 10.5 Å². The van der Waals surface area contributed by atoms with Gasteiger partial charge in [0.05, 0.1) is 10.6 Å². The summed E-state index contributed by atoms with van der Waals surface area (Å²) in [7, 11) is -2.31. The summed E-state index contributed by atoms with van der Waals surface area (Å²) in [5.41, 5.74) is 0.121. The van der Waals surface area contributed by atoms with Crippen molar-refractivity contribution in [2.24, 2.45) is 0 Å². The first-order valence-electron chi connectivity index (χ1n) is 7.73. The summed E-state index contributed by atoms with van der Waals surface area (Å²) >= 11 is 0. The van der Waals surface area contributed by atoms with Crippen LogP contribution >= 0.6 is 0 Å². The Morgan fingerprint density at radius 1 is 1.08 bits per heavy atom. The number of carbonyl (C=O) groups excluding carboxylic acids is 2. The van der Waals surface area contributed by atoms with E-state index in [2.05, 4.69) is 0 Å². The molecule has 2 aliphatic rings. The SMILES string of the molecule is CN1C(=O)CN(c2ccc(S(=O)(=O)N3CCCCC3)cc2O)C1=O. The lowest BCUT2D eigenvalue weighted by Crippen LogP contribution is -2.35. The number of likely N-dealkylation sites (N-methyl/N-ethyl adjacent to an activating group) is 1. The van der Waals surface area contributed by atoms with Gasteiger partial charge in [0.15, 0.2) is 0 Å². The molecule has 2 fully saturated rings. The minimum absolute atomic E-state index is 0.0167. The molecule has 0 aromatic heterocycles. The number of aromatic hydroxyl groups is 1. The molecular weight excluding hydrogens is 334 g/mol. The van der Waals surface area contributed by atoms with Crippen LogP contribution in [0.5, 0.6) is 5.75 Å². The Balaban J connectivity index is 1.90. The summed E-state index contributed by atoms with van der Waals surface area (Å²) in [6.45, 7) is 0.755. The third-order valence-corrected chi connectivity index (χ3v) is 6.27. The maximum absolute atomic E-state index is 12.6. The largest absolute Gasteiger partial charge is 0.506 e. The Hall–Kier alpha value is -2.13. The number of rotatable bonds is 3. The highest BCUT2D eigenvalue weighted by atomic mass is 32.2. The summed E-state index contributed by atoms with van der Waals surface area (Å²) < 4.78 is 26.6. The molecule has 2 saturated heterocycles. The van der Waals surface area contributed by atoms with Gasteiger partial charge in [-0.2, -0.15) is 4.31 Å². The molecule has 1 aromatic rings. The van der Waals surface area contributed by atoms with E-state index in [9.17, 15) is 23.1 Å². The number of amides is 3. The van der Waals surface area contributed by atoms with Crippen molar-refractivity contribution in [3.05, 3.63) is 18.2 Å². The number of nitrogens with zero attached hydrogens (tertiary/aromatic N) is 3. The van der Waals surface area contributed by atoms with Gasteiger partial charge in [-0.15, -0.1) is 0 Å². The monoisotopic (exact) mass is 353 g/mol. The van der Waals surface area contributed by atoms with Crippen LogP contribution in [-0.4, -0.2) is 61.3 Å². The maximum atomic E-state index is 12.6. The second-order valence-electron chi connectivity index (χ2n) is 5.94. The highest BCUT2D eigenvalue weighted by molar-refractivity contribution is 7.89. The highest BCUT2D eigenvalue weighted by Gasteiger charge is 2.36. The van der Waals surface area contributed by atoms with Crippen molar-refractivity contribution in [3.8, 4) is 5.75 Å². The zero-order valence-electron chi connectivity index (χ0n) is 13.3. The zero-order chi connectivity index (χ0) is 17.5. The normalized spacial score (nSPS) is 20.0. The van der Waals surface area contributed by atoms with Gasteiger partial charge in [0.25, 0.3) is 0 Å². The average molecular weight is 353 g/mol. The Labute approximate surface area is 140 Å². The van der Waals surface area contributed by atoms with Crippen LogP contribution in [-0.2, 0) is 14.8 Å². The van der Waals surface area contributed by atoms with Crippen LogP contribution in [0, 0.1) is 0 Å². The topological polar surface area (TPSA) is 98.2 Å². The number of hydrogen-bond donors (Lipinski definition) is 1. The predicted octanol–water partition coefficient (Wildman–Crippen LogP) is 0.965. The third kappa shape index (κ3) is 2.73. The molecule has 24 heavy (non-hydrogen) atoms. The van der Waals surface area contributed by atoms with Crippen LogP contribution in [0.3, 0.4) is 0 Å². The van der Waals surface area contributed by atoms with Crippen molar-refractivity contribution in [2.75, 3.05) is 31.6 Å². The van der Waals surface area contributed by atoms with Gasteiger partial charge in [0, 0.05) is 26.2 Å². The van der Waals surface area contributed by atoms with Crippen LogP contribution in [0.2, 0.25) is 0 Å². The van der Waals surface area contributed by atoms with Crippen molar-refractivity contribution < 1.29 is 23.1 Å². The number of phenols is 1. The van der Waals surface area contributed by atoms with Gasteiger partial charge in [-0.05, 0) is 25.0 Å². The highest BCUT2D eigenvalue weighted by Crippen LogP contribution is 2.33. The summed E-state index contributed by atoms with van der Waals surface area (Å²) in [4.78, 5) is 25.6. The molecule has 0 atom stereocenters. The van der Waals surface area contributed by atoms with Crippen LogP contribution in [0.25, 0.3) is 0 Å². The zero-order valence-corrected chi connectivity index (χ0v) is 14.1. The number of imide groups is 1. The molecular formula is C15H19N3O5S. The van der Waals surface area contributed by atoms with Gasteiger partial charge in [0.1, 0.15) is 12.3 Å². The van der Waals surface area contributed by atoms with E-state index in [1.807, 2.05) is 0 Å². The molecule has 0 spiro atoms. The molecule has 0 radical (unpaired) electrons. The van der Waals surface area contributed by atoms with Crippen LogP contribution < -0.4 is 4.90 Å². The number of anilines is 1. The number of sulfonamides is 1. The summed E-state index contributed by atoms with van der Waals surface area (Å²) in [6.07, 6.45) is 2.65. The summed E-state index contributed by atoms with van der Waals surface area (Å²) in [5.74, 6) is -0.728. The molecule has 2 aliphatic heterocycles. The fourth-order valence-corrected chi connectivity index (χ4v) is 4.47. The second kappa shape index (κ2) is 6.06. The molecule has 1 aromatic carbocycles. The van der Waals surface area contributed by atoms with E-state index in [1.165, 1.54) is 23.5 Å². The fraction of sp³-hybridized carbons (Fsp3) is 0.467. The minimum Gasteiger partial charge on any atom is -0.506 e. The number of hydrogen-bond acceptors (Lipinski definition) is 5. The Kier molecular flexibility index (Phi) is 4.22. The molecule has 3 rings (SSSR count). The summed E-state index contributed by atoms with van der Waals surface area (Å²) in [6, 6.07) is 3.29. The van der Waals surface area contributed by atoms with E-state index < -0.39 is 16.1 Å². The smallest absolute Gasteiger partial charge is 0.331 e. The minimum atomic E-state index is -3.67. The van der Waals surface area contributed by atoms with Crippen LogP contribution in [0.15, 0.2) is 23.1 Å². The van der Waals surface area contributed by atoms with E-state index in [4.69, 9.17) is 0 Å². The molecule has 0 aliphatic carbocycles. The first-order valence-corrected chi connectivity index (χ1v) is 9.17. The molecule has 0 bridgehead atoms. The molecule has 8 nitrogen and oxygen atoms in total. The number of piperidine rings is 1. The number of phenolic OH excluding ortho intramolecular Hbond substituents is 1. The van der Waals surface area contributed by atoms with E-state index in [0.29, 0.717) is 13.1 Å². The number of carbonyl (C=O) groups is 2. The standard InChI is InChI=1S/C15H19N3O5S/c1-16-14(20)10-18(15(16)21)12-6-5-11(9-13(12)19)24(22,23)17-7-3-2-4-8-17/h5-6,9,19H,2-4,7-8,10H2,1H3. The lowest BCUT2D eigenvalue weighted by molar-refractivity contribution is -0.123. The Morgan fingerprint density at radius 2 is 1.75 bits per heavy atom. The molecule has 9 heteroatoms. The van der Waals surface area contributed by atoms with Crippen molar-refractivity contribution in [1.29, 1.82) is 0 Å². The number of urea groups is 1. The van der Waals surface area contributed by atoms with E-state index >= 15 is 0 Å². The Morgan fingerprint density at radius 3 is 2.29 bits per heavy atom. The lowest BCUT2D eigenvalue weighted by Gasteiger charge is -2.26. The molecule has 0 saturated carbocycles. The van der Waals surface area contributed by atoms with Crippen molar-refractivity contribution in [3.63, 3.8) is 0 Å². The molecule has 130 valence electrons. The van der Waals surface area contributed by atoms with Gasteiger partial charge in [0.2, 0.25) is 15.9 Å². The van der Waals surface area contributed by atoms with Crippen LogP contribution in [0.1, 0.15) is 19.3 Å². The van der Waals surface area contributed by atoms with Crippen molar-refractivity contribution in [1.82, 2.24) is 9.21 Å². The molecule has 0 unspecified atom stereocenters. The Bertz CT molecular complexity index is 786. The van der Waals surface area contributed by atoms with E-state index in [-0.39, 0.29) is 28.8 Å². The van der Waals surface area contributed by atoms with Gasteiger partial charge >= 0.3 is 6.03 Å². The van der Waals surface area contributed by atoms with Crippen molar-refractivity contribution >= 4 is 27.6 Å². The van der Waals surface area contributed by atoms with Crippen molar-refractivity contribution in [2.45, 2.75) is 24.2 Å². The maximum Gasteiger partial charge on any atom is 0.331 e. The first kappa shape index (κ1) is 16.7. The van der Waals surface area contributed by atoms with E-state index in [1.54, 1.807) is 0 Å². The third-order valence-electron chi connectivity index (χ3n) is 4.38. The summed E-state index contributed by atoms with van der Waals surface area (Å²) in [5, 5.41) is 10.2. The lowest BCUT2D eigenvalue weighted by atomic mass is 10.2. The molecule has 2 heterocycles. The van der Waals surface area contributed by atoms with Gasteiger partial charge in [-0.3, -0.25) is 14.6 Å². The molecule has 3 amide bonds. The average Bonchev–Trinajstić information content (AvgIpc) is 2.83. The number of benzene rings is 1. The van der Waals surface area contributed by atoms with E-state index in [0.717, 1.165) is 35.1 Å².